The number of aryl methyl sites for hydroxylation is 1. The van der Waals surface area contributed by atoms with Crippen LogP contribution in [0.3, 0.4) is 0 Å². The van der Waals surface area contributed by atoms with Crippen LogP contribution in [-0.4, -0.2) is 81.4 Å². The fraction of sp³-hybridized carbons (Fsp3) is 0.321. The number of hydrogen-bond donors (Lipinski definition) is 0. The molecule has 0 bridgehead atoms. The second-order valence-corrected chi connectivity index (χ2v) is 10.6. The van der Waals surface area contributed by atoms with Crippen molar-refractivity contribution in [1.29, 1.82) is 0 Å². The molecule has 0 spiro atoms. The summed E-state index contributed by atoms with van der Waals surface area (Å²) in [6.07, 6.45) is 4.69. The van der Waals surface area contributed by atoms with E-state index in [-0.39, 0.29) is 11.8 Å². The number of carbonyl (C=O) groups excluding carboxylic acids is 2. The Morgan fingerprint density at radius 1 is 0.972 bits per heavy atom. The number of likely N-dealkylation sites (tertiary alicyclic amines) is 1. The fourth-order valence-electron chi connectivity index (χ4n) is 5.35. The van der Waals surface area contributed by atoms with Crippen molar-refractivity contribution in [3.8, 4) is 0 Å². The molecule has 8 heteroatoms. The van der Waals surface area contributed by atoms with Crippen LogP contribution in [0.2, 0.25) is 0 Å². The zero-order chi connectivity index (χ0) is 24.6. The molecule has 36 heavy (non-hydrogen) atoms. The molecule has 6 rings (SSSR count). The quantitative estimate of drug-likeness (QED) is 0.422. The van der Waals surface area contributed by atoms with Gasteiger partial charge in [0.25, 0.3) is 11.8 Å². The first-order valence-electron chi connectivity index (χ1n) is 12.4. The maximum absolute atomic E-state index is 13.3. The van der Waals surface area contributed by atoms with Gasteiger partial charge in [-0.25, -0.2) is 4.98 Å². The number of amides is 2. The highest BCUT2D eigenvalue weighted by atomic mass is 32.1. The Morgan fingerprint density at radius 2 is 1.75 bits per heavy atom. The molecule has 0 radical (unpaired) electrons. The predicted molar refractivity (Wildman–Crippen MR) is 141 cm³/mol. The highest BCUT2D eigenvalue weighted by molar-refractivity contribution is 7.11. The van der Waals surface area contributed by atoms with Crippen molar-refractivity contribution in [2.75, 3.05) is 39.3 Å². The van der Waals surface area contributed by atoms with Gasteiger partial charge in [-0.2, -0.15) is 0 Å². The van der Waals surface area contributed by atoms with Gasteiger partial charge in [-0.15, -0.1) is 11.3 Å². The summed E-state index contributed by atoms with van der Waals surface area (Å²) < 4.78 is 2.14. The summed E-state index contributed by atoms with van der Waals surface area (Å²) in [7, 11) is 2.06. The summed E-state index contributed by atoms with van der Waals surface area (Å²) >= 11 is 1.39. The summed E-state index contributed by atoms with van der Waals surface area (Å²) in [6.45, 7) is 4.56. The van der Waals surface area contributed by atoms with E-state index in [2.05, 4.69) is 64.1 Å². The van der Waals surface area contributed by atoms with Crippen LogP contribution in [-0.2, 0) is 13.5 Å². The third-order valence-corrected chi connectivity index (χ3v) is 8.20. The summed E-state index contributed by atoms with van der Waals surface area (Å²) in [5.74, 6) is 0.123. The largest absolute Gasteiger partial charge is 0.350 e. The smallest absolute Gasteiger partial charge is 0.282 e. The number of piperazine rings is 1. The molecule has 0 unspecified atom stereocenters. The molecular weight excluding hydrogens is 470 g/mol. The summed E-state index contributed by atoms with van der Waals surface area (Å²) in [5.41, 5.74) is 4.39. The molecule has 2 aliphatic heterocycles. The summed E-state index contributed by atoms with van der Waals surface area (Å²) in [5, 5.41) is 3.54. The van der Waals surface area contributed by atoms with Gasteiger partial charge < -0.3 is 14.4 Å². The van der Waals surface area contributed by atoms with Gasteiger partial charge in [0.1, 0.15) is 0 Å². The van der Waals surface area contributed by atoms with E-state index < -0.39 is 0 Å². The van der Waals surface area contributed by atoms with E-state index in [1.807, 2.05) is 27.3 Å². The molecule has 2 aromatic heterocycles. The number of carbonyl (C=O) groups is 2. The van der Waals surface area contributed by atoms with E-state index in [0.717, 1.165) is 49.1 Å². The molecule has 0 saturated carbocycles. The van der Waals surface area contributed by atoms with Crippen molar-refractivity contribution in [3.05, 3.63) is 88.0 Å². The minimum atomic E-state index is 0.0259. The molecule has 4 aromatic rings. The fourth-order valence-corrected chi connectivity index (χ4v) is 5.95. The van der Waals surface area contributed by atoms with E-state index >= 15 is 0 Å². The molecule has 0 aliphatic carbocycles. The standard InChI is InChI=1S/C28H29N5O2S/c1-30-17-22(15-20-5-3-2-4-6-20)24-16-21(7-8-25(24)30)27(34)33-18-23(19-33)31-10-12-32(13-11-31)28(35)26-29-9-14-36-26/h2-9,14,16-17,23H,10-13,15,18-19H2,1H3. The third-order valence-electron chi connectivity index (χ3n) is 7.44. The zero-order valence-electron chi connectivity index (χ0n) is 20.3. The molecule has 4 heterocycles. The molecule has 184 valence electrons. The number of thiazole rings is 1. The maximum Gasteiger partial charge on any atom is 0.282 e. The Morgan fingerprint density at radius 3 is 2.47 bits per heavy atom. The molecule has 7 nitrogen and oxygen atoms in total. The molecule has 2 amide bonds. The van der Waals surface area contributed by atoms with Gasteiger partial charge in [0.05, 0.1) is 0 Å². The summed E-state index contributed by atoms with van der Waals surface area (Å²) in [4.78, 5) is 36.2. The molecule has 2 fully saturated rings. The monoisotopic (exact) mass is 499 g/mol. The first kappa shape index (κ1) is 22.9. The molecule has 0 atom stereocenters. The molecule has 2 aromatic carbocycles. The van der Waals surface area contributed by atoms with Crippen LogP contribution in [0.25, 0.3) is 10.9 Å². The van der Waals surface area contributed by atoms with Gasteiger partial charge in [0.15, 0.2) is 5.01 Å². The minimum absolute atomic E-state index is 0.0259. The third kappa shape index (κ3) is 4.31. The normalized spacial score (nSPS) is 16.9. The second-order valence-electron chi connectivity index (χ2n) is 9.69. The SMILES string of the molecule is Cn1cc(Cc2ccccc2)c2cc(C(=O)N3CC(N4CCN(C(=O)c5nccs5)CC4)C3)ccc21. The average Bonchev–Trinajstić information content (AvgIpc) is 3.52. The Kier molecular flexibility index (Phi) is 6.07. The molecular formula is C28H29N5O2S. The lowest BCUT2D eigenvalue weighted by Gasteiger charge is -2.48. The van der Waals surface area contributed by atoms with Crippen LogP contribution < -0.4 is 0 Å². The van der Waals surface area contributed by atoms with Crippen LogP contribution in [0.1, 0.15) is 31.3 Å². The van der Waals surface area contributed by atoms with Crippen molar-refractivity contribution in [1.82, 2.24) is 24.3 Å². The first-order chi connectivity index (χ1) is 17.6. The van der Waals surface area contributed by atoms with E-state index in [1.54, 1.807) is 6.20 Å². The van der Waals surface area contributed by atoms with Crippen LogP contribution in [0.5, 0.6) is 0 Å². The van der Waals surface area contributed by atoms with Crippen LogP contribution in [0.15, 0.2) is 66.3 Å². The highest BCUT2D eigenvalue weighted by Gasteiger charge is 2.37. The van der Waals surface area contributed by atoms with Crippen molar-refractivity contribution in [2.24, 2.45) is 7.05 Å². The lowest BCUT2D eigenvalue weighted by molar-refractivity contribution is 0.00854. The van der Waals surface area contributed by atoms with E-state index in [0.29, 0.717) is 24.1 Å². The number of benzene rings is 2. The molecule has 2 saturated heterocycles. The van der Waals surface area contributed by atoms with Gasteiger partial charge in [0, 0.05) is 86.6 Å². The Bertz CT molecular complexity index is 1380. The topological polar surface area (TPSA) is 61.7 Å². The van der Waals surface area contributed by atoms with E-state index in [1.165, 1.54) is 22.5 Å². The Balaban J connectivity index is 1.08. The van der Waals surface area contributed by atoms with Crippen LogP contribution in [0.4, 0.5) is 0 Å². The summed E-state index contributed by atoms with van der Waals surface area (Å²) in [6, 6.07) is 16.9. The van der Waals surface area contributed by atoms with Gasteiger partial charge >= 0.3 is 0 Å². The first-order valence-corrected chi connectivity index (χ1v) is 13.3. The molecule has 0 N–H and O–H groups in total. The van der Waals surface area contributed by atoms with Crippen molar-refractivity contribution in [2.45, 2.75) is 12.5 Å². The van der Waals surface area contributed by atoms with Crippen molar-refractivity contribution < 1.29 is 9.59 Å². The maximum atomic E-state index is 13.3. The Hall–Kier alpha value is -3.49. The van der Waals surface area contributed by atoms with Crippen molar-refractivity contribution in [3.63, 3.8) is 0 Å². The number of fused-ring (bicyclic) bond motifs is 1. The van der Waals surface area contributed by atoms with Gasteiger partial charge in [-0.3, -0.25) is 14.5 Å². The zero-order valence-corrected chi connectivity index (χ0v) is 21.2. The molecule has 2 aliphatic rings. The number of rotatable bonds is 5. The average molecular weight is 500 g/mol. The van der Waals surface area contributed by atoms with Crippen LogP contribution in [0, 0.1) is 0 Å². The highest BCUT2D eigenvalue weighted by Crippen LogP contribution is 2.27. The van der Waals surface area contributed by atoms with Gasteiger partial charge in [-0.1, -0.05) is 30.3 Å². The number of nitrogens with zero attached hydrogens (tertiary/aromatic N) is 5. The number of aromatic nitrogens is 2. The lowest BCUT2D eigenvalue weighted by atomic mass is 10.0. The van der Waals surface area contributed by atoms with E-state index in [9.17, 15) is 9.59 Å². The van der Waals surface area contributed by atoms with Gasteiger partial charge in [0.2, 0.25) is 0 Å². The van der Waals surface area contributed by atoms with Crippen LogP contribution >= 0.6 is 11.3 Å². The van der Waals surface area contributed by atoms with Gasteiger partial charge in [-0.05, 0) is 35.7 Å². The van der Waals surface area contributed by atoms with Crippen molar-refractivity contribution >= 4 is 34.1 Å². The number of hydrogen-bond acceptors (Lipinski definition) is 5. The Labute approximate surface area is 214 Å². The minimum Gasteiger partial charge on any atom is -0.350 e. The van der Waals surface area contributed by atoms with E-state index in [4.69, 9.17) is 0 Å². The second kappa shape index (κ2) is 9.52. The lowest BCUT2D eigenvalue weighted by Crippen LogP contribution is -2.64. The predicted octanol–water partition coefficient (Wildman–Crippen LogP) is 3.51.